The van der Waals surface area contributed by atoms with Crippen LogP contribution in [0.5, 0.6) is 0 Å². The van der Waals surface area contributed by atoms with E-state index in [1.807, 2.05) is 42.5 Å². The lowest BCUT2D eigenvalue weighted by molar-refractivity contribution is -0.120. The highest BCUT2D eigenvalue weighted by Crippen LogP contribution is 2.15. The quantitative estimate of drug-likeness (QED) is 0.592. The van der Waals surface area contributed by atoms with Gasteiger partial charge in [-0.2, -0.15) is 0 Å². The number of oxime groups is 1. The van der Waals surface area contributed by atoms with Gasteiger partial charge in [-0.3, -0.25) is 4.79 Å². The van der Waals surface area contributed by atoms with Crippen molar-refractivity contribution in [3.8, 4) is 0 Å². The number of hydrogen-bond acceptors (Lipinski definition) is 3. The van der Waals surface area contributed by atoms with Gasteiger partial charge in [0.25, 0.3) is 5.91 Å². The first-order chi connectivity index (χ1) is 10.1. The minimum Gasteiger partial charge on any atom is -0.386 e. The summed E-state index contributed by atoms with van der Waals surface area (Å²) in [6.45, 7) is -0.139. The van der Waals surface area contributed by atoms with Crippen molar-refractivity contribution in [1.82, 2.24) is 0 Å². The molecule has 6 heteroatoms. The average Bonchev–Trinajstić information content (AvgIpc) is 2.45. The van der Waals surface area contributed by atoms with E-state index in [0.717, 1.165) is 14.5 Å². The lowest BCUT2D eigenvalue weighted by Crippen LogP contribution is -2.16. The minimum atomic E-state index is -0.263. The molecule has 0 atom stereocenters. The number of carbonyl (C=O) groups excluding carboxylic acids is 1. The SMILES string of the molecule is O=C(CO/N=C\c1ccc(Br)cc1)Nc1cccc(Br)c1. The van der Waals surface area contributed by atoms with Gasteiger partial charge in [-0.15, -0.1) is 0 Å². The van der Waals surface area contributed by atoms with Gasteiger partial charge < -0.3 is 10.2 Å². The van der Waals surface area contributed by atoms with E-state index in [2.05, 4.69) is 42.3 Å². The number of nitrogens with one attached hydrogen (secondary N) is 1. The van der Waals surface area contributed by atoms with E-state index >= 15 is 0 Å². The first-order valence-electron chi connectivity index (χ1n) is 6.10. The van der Waals surface area contributed by atoms with E-state index in [0.29, 0.717) is 5.69 Å². The van der Waals surface area contributed by atoms with Crippen molar-refractivity contribution in [3.63, 3.8) is 0 Å². The van der Waals surface area contributed by atoms with Crippen LogP contribution < -0.4 is 5.32 Å². The summed E-state index contributed by atoms with van der Waals surface area (Å²) in [6.07, 6.45) is 1.55. The second-order valence-corrected chi connectivity index (χ2v) is 5.95. The Morgan fingerprint density at radius 2 is 1.90 bits per heavy atom. The summed E-state index contributed by atoms with van der Waals surface area (Å²) in [5.74, 6) is -0.263. The summed E-state index contributed by atoms with van der Waals surface area (Å²) in [5, 5.41) is 6.47. The van der Waals surface area contributed by atoms with Crippen LogP contribution >= 0.6 is 31.9 Å². The third-order valence-corrected chi connectivity index (χ3v) is 3.47. The van der Waals surface area contributed by atoms with Crippen molar-refractivity contribution in [1.29, 1.82) is 0 Å². The van der Waals surface area contributed by atoms with Gasteiger partial charge in [0, 0.05) is 14.6 Å². The maximum Gasteiger partial charge on any atom is 0.265 e. The third-order valence-electron chi connectivity index (χ3n) is 2.45. The lowest BCUT2D eigenvalue weighted by atomic mass is 10.2. The van der Waals surface area contributed by atoms with Crippen LogP contribution in [0.1, 0.15) is 5.56 Å². The highest BCUT2D eigenvalue weighted by molar-refractivity contribution is 9.10. The molecule has 0 unspecified atom stereocenters. The van der Waals surface area contributed by atoms with Crippen molar-refractivity contribution in [2.75, 3.05) is 11.9 Å². The predicted octanol–water partition coefficient (Wildman–Crippen LogP) is 4.20. The first-order valence-corrected chi connectivity index (χ1v) is 7.68. The zero-order chi connectivity index (χ0) is 15.1. The molecule has 21 heavy (non-hydrogen) atoms. The number of anilines is 1. The summed E-state index contributed by atoms with van der Waals surface area (Å²) >= 11 is 6.69. The zero-order valence-electron chi connectivity index (χ0n) is 10.9. The molecule has 0 saturated carbocycles. The molecule has 0 fully saturated rings. The number of amides is 1. The van der Waals surface area contributed by atoms with E-state index in [1.54, 1.807) is 12.3 Å². The van der Waals surface area contributed by atoms with Gasteiger partial charge in [0.1, 0.15) is 0 Å². The van der Waals surface area contributed by atoms with E-state index < -0.39 is 0 Å². The fourth-order valence-corrected chi connectivity index (χ4v) is 2.17. The van der Waals surface area contributed by atoms with Crippen LogP contribution in [0.4, 0.5) is 5.69 Å². The minimum absolute atomic E-state index is 0.139. The number of hydrogen-bond donors (Lipinski definition) is 1. The Labute approximate surface area is 139 Å². The van der Waals surface area contributed by atoms with Crippen LogP contribution in [0.3, 0.4) is 0 Å². The Kier molecular flexibility index (Phi) is 5.95. The van der Waals surface area contributed by atoms with Crippen molar-refractivity contribution in [2.45, 2.75) is 0 Å². The Balaban J connectivity index is 1.78. The molecule has 0 saturated heterocycles. The van der Waals surface area contributed by atoms with Crippen LogP contribution in [0, 0.1) is 0 Å². The van der Waals surface area contributed by atoms with Crippen molar-refractivity contribution in [2.24, 2.45) is 5.16 Å². The zero-order valence-corrected chi connectivity index (χ0v) is 14.1. The molecular formula is C15H12Br2N2O2. The summed E-state index contributed by atoms with van der Waals surface area (Å²) in [4.78, 5) is 16.6. The van der Waals surface area contributed by atoms with E-state index in [4.69, 9.17) is 4.84 Å². The number of carbonyl (C=O) groups is 1. The summed E-state index contributed by atoms with van der Waals surface area (Å²) < 4.78 is 1.89. The number of halogens is 2. The molecule has 2 aromatic rings. The Hall–Kier alpha value is -1.66. The van der Waals surface area contributed by atoms with Crippen molar-refractivity contribution >= 4 is 49.7 Å². The topological polar surface area (TPSA) is 50.7 Å². The van der Waals surface area contributed by atoms with Gasteiger partial charge in [0.2, 0.25) is 0 Å². The second kappa shape index (κ2) is 7.95. The van der Waals surface area contributed by atoms with Crippen LogP contribution in [-0.2, 0) is 9.63 Å². The van der Waals surface area contributed by atoms with Crippen molar-refractivity contribution in [3.05, 3.63) is 63.0 Å². The normalized spacial score (nSPS) is 10.6. The van der Waals surface area contributed by atoms with Gasteiger partial charge in [-0.1, -0.05) is 55.2 Å². The van der Waals surface area contributed by atoms with E-state index in [-0.39, 0.29) is 12.5 Å². The maximum atomic E-state index is 11.6. The highest BCUT2D eigenvalue weighted by Gasteiger charge is 2.02. The molecule has 0 bridgehead atoms. The molecule has 0 aromatic heterocycles. The van der Waals surface area contributed by atoms with E-state index in [1.165, 1.54) is 0 Å². The summed E-state index contributed by atoms with van der Waals surface area (Å²) in [7, 11) is 0. The number of nitrogens with zero attached hydrogens (tertiary/aromatic N) is 1. The van der Waals surface area contributed by atoms with Gasteiger partial charge in [0.05, 0.1) is 6.21 Å². The van der Waals surface area contributed by atoms with Gasteiger partial charge in [-0.25, -0.2) is 0 Å². The molecule has 0 radical (unpaired) electrons. The molecule has 0 spiro atoms. The molecule has 1 N–H and O–H groups in total. The van der Waals surface area contributed by atoms with Crippen LogP contribution in [0.15, 0.2) is 62.6 Å². The van der Waals surface area contributed by atoms with Gasteiger partial charge >= 0.3 is 0 Å². The average molecular weight is 412 g/mol. The largest absolute Gasteiger partial charge is 0.386 e. The summed E-state index contributed by atoms with van der Waals surface area (Å²) in [5.41, 5.74) is 1.60. The molecule has 0 aliphatic rings. The predicted molar refractivity (Wildman–Crippen MR) is 90.5 cm³/mol. The third kappa shape index (κ3) is 5.69. The molecule has 1 amide bonds. The molecule has 0 aliphatic heterocycles. The number of benzene rings is 2. The molecule has 2 aromatic carbocycles. The fraction of sp³-hybridized carbons (Fsp3) is 0.0667. The highest BCUT2D eigenvalue weighted by atomic mass is 79.9. The number of rotatable bonds is 5. The first kappa shape index (κ1) is 15.7. The van der Waals surface area contributed by atoms with Crippen LogP contribution in [-0.4, -0.2) is 18.7 Å². The maximum absolute atomic E-state index is 11.6. The van der Waals surface area contributed by atoms with E-state index in [9.17, 15) is 4.79 Å². The lowest BCUT2D eigenvalue weighted by Gasteiger charge is -2.04. The smallest absolute Gasteiger partial charge is 0.265 e. The summed E-state index contributed by atoms with van der Waals surface area (Å²) in [6, 6.07) is 14.9. The second-order valence-electron chi connectivity index (χ2n) is 4.12. The Morgan fingerprint density at radius 1 is 1.14 bits per heavy atom. The Bertz CT molecular complexity index is 642. The standard InChI is InChI=1S/C15H12Br2N2O2/c16-12-6-4-11(5-7-12)9-18-21-10-15(20)19-14-3-1-2-13(17)8-14/h1-9H,10H2,(H,19,20)/b18-9-. The van der Waals surface area contributed by atoms with Crippen LogP contribution in [0.25, 0.3) is 0 Å². The monoisotopic (exact) mass is 410 g/mol. The van der Waals surface area contributed by atoms with Crippen LogP contribution in [0.2, 0.25) is 0 Å². The van der Waals surface area contributed by atoms with Gasteiger partial charge in [0.15, 0.2) is 6.61 Å². The molecule has 0 heterocycles. The van der Waals surface area contributed by atoms with Gasteiger partial charge in [-0.05, 0) is 35.9 Å². The molecule has 0 aliphatic carbocycles. The molecule has 108 valence electrons. The Morgan fingerprint density at radius 3 is 2.62 bits per heavy atom. The van der Waals surface area contributed by atoms with Crippen molar-refractivity contribution < 1.29 is 9.63 Å². The molecule has 2 rings (SSSR count). The molecular weight excluding hydrogens is 400 g/mol. The molecule has 4 nitrogen and oxygen atoms in total. The fourth-order valence-electron chi connectivity index (χ4n) is 1.51.